The second-order valence-corrected chi connectivity index (χ2v) is 6.07. The first-order valence-corrected chi connectivity index (χ1v) is 8.41. The van der Waals surface area contributed by atoms with Gasteiger partial charge in [0.05, 0.1) is 28.6 Å². The number of anilines is 2. The molecule has 0 saturated heterocycles. The number of nitrogens with one attached hydrogen (secondary N) is 2. The normalized spacial score (nSPS) is 15.9. The summed E-state index contributed by atoms with van der Waals surface area (Å²) in [4.78, 5) is 32.6. The molecule has 27 heavy (non-hydrogen) atoms. The summed E-state index contributed by atoms with van der Waals surface area (Å²) in [5, 5.41) is 5.49. The van der Waals surface area contributed by atoms with Gasteiger partial charge in [-0.2, -0.15) is 0 Å². The summed E-state index contributed by atoms with van der Waals surface area (Å²) >= 11 is 0. The first kappa shape index (κ1) is 16.7. The van der Waals surface area contributed by atoms with E-state index in [0.29, 0.717) is 22.8 Å². The quantitative estimate of drug-likeness (QED) is 0.701. The number of hydrogen-bond donors (Lipinski definition) is 2. The molecule has 4 rings (SSSR count). The number of para-hydroxylation sites is 2. The Morgan fingerprint density at radius 3 is 2.89 bits per heavy atom. The topological polar surface area (TPSA) is 93.2 Å². The first-order chi connectivity index (χ1) is 13.1. The third-order valence-electron chi connectivity index (χ3n) is 4.05. The number of amides is 2. The lowest BCUT2D eigenvalue weighted by Gasteiger charge is -2.23. The Hall–Kier alpha value is -3.74. The Kier molecular flexibility index (Phi) is 4.25. The van der Waals surface area contributed by atoms with Crippen LogP contribution in [0.5, 0.6) is 5.75 Å². The number of hydrogen-bond acceptors (Lipinski definition) is 5. The molecule has 2 aromatic carbocycles. The molecule has 0 saturated carbocycles. The fourth-order valence-corrected chi connectivity index (χ4v) is 2.68. The molecule has 0 fully saturated rings. The number of carbonyl (C=O) groups is 2. The standard InChI is InChI=1S/C20H16N4O3/c1-12-20(26)24-17-10-13(6-8-18(17)27-12)23-19(25)9-7-14-11-21-15-4-2-3-5-16(15)22-14/h2-12H,1H3,(H,23,25)(H,24,26). The molecule has 1 aliphatic heterocycles. The molecule has 2 N–H and O–H groups in total. The molecule has 3 aromatic rings. The lowest BCUT2D eigenvalue weighted by Crippen LogP contribution is -2.34. The predicted octanol–water partition coefficient (Wildman–Crippen LogP) is 3.00. The van der Waals surface area contributed by atoms with Crippen molar-refractivity contribution in [3.8, 4) is 5.75 Å². The van der Waals surface area contributed by atoms with E-state index < -0.39 is 6.10 Å². The van der Waals surface area contributed by atoms with Crippen LogP contribution in [0.3, 0.4) is 0 Å². The average Bonchev–Trinajstić information content (AvgIpc) is 2.67. The van der Waals surface area contributed by atoms with Crippen LogP contribution in [0.4, 0.5) is 11.4 Å². The van der Waals surface area contributed by atoms with E-state index in [2.05, 4.69) is 20.6 Å². The van der Waals surface area contributed by atoms with Gasteiger partial charge in [0.25, 0.3) is 5.91 Å². The van der Waals surface area contributed by atoms with E-state index in [0.717, 1.165) is 11.0 Å². The summed E-state index contributed by atoms with van der Waals surface area (Å²) in [7, 11) is 0. The maximum absolute atomic E-state index is 12.2. The maximum Gasteiger partial charge on any atom is 0.265 e. The second-order valence-electron chi connectivity index (χ2n) is 6.07. The summed E-state index contributed by atoms with van der Waals surface area (Å²) in [6.45, 7) is 1.68. The van der Waals surface area contributed by atoms with Gasteiger partial charge in [-0.25, -0.2) is 4.98 Å². The highest BCUT2D eigenvalue weighted by molar-refractivity contribution is 6.03. The van der Waals surface area contributed by atoms with E-state index in [4.69, 9.17) is 4.74 Å². The summed E-state index contributed by atoms with van der Waals surface area (Å²) in [6, 6.07) is 12.6. The third-order valence-corrected chi connectivity index (χ3v) is 4.05. The number of benzene rings is 2. The molecular formula is C20H16N4O3. The molecule has 1 aromatic heterocycles. The highest BCUT2D eigenvalue weighted by Gasteiger charge is 2.23. The molecule has 134 valence electrons. The van der Waals surface area contributed by atoms with Gasteiger partial charge in [-0.15, -0.1) is 0 Å². The molecular weight excluding hydrogens is 344 g/mol. The van der Waals surface area contributed by atoms with Crippen molar-refractivity contribution in [2.45, 2.75) is 13.0 Å². The summed E-state index contributed by atoms with van der Waals surface area (Å²) < 4.78 is 5.49. The van der Waals surface area contributed by atoms with Gasteiger partial charge in [0.2, 0.25) is 5.91 Å². The van der Waals surface area contributed by atoms with Crippen molar-refractivity contribution in [2.75, 3.05) is 10.6 Å². The van der Waals surface area contributed by atoms with Gasteiger partial charge in [-0.3, -0.25) is 14.6 Å². The van der Waals surface area contributed by atoms with Crippen molar-refractivity contribution in [3.05, 3.63) is 60.4 Å². The number of ether oxygens (including phenoxy) is 1. The minimum Gasteiger partial charge on any atom is -0.479 e. The number of carbonyl (C=O) groups excluding carboxylic acids is 2. The van der Waals surface area contributed by atoms with Crippen LogP contribution >= 0.6 is 0 Å². The Morgan fingerprint density at radius 1 is 1.22 bits per heavy atom. The van der Waals surface area contributed by atoms with Crippen molar-refractivity contribution in [1.82, 2.24) is 9.97 Å². The predicted molar refractivity (Wildman–Crippen MR) is 102 cm³/mol. The molecule has 1 aliphatic rings. The Labute approximate surface area is 155 Å². The monoisotopic (exact) mass is 360 g/mol. The minimum absolute atomic E-state index is 0.222. The fraction of sp³-hybridized carbons (Fsp3) is 0.100. The van der Waals surface area contributed by atoms with E-state index >= 15 is 0 Å². The van der Waals surface area contributed by atoms with Crippen LogP contribution in [0.2, 0.25) is 0 Å². The van der Waals surface area contributed by atoms with Gasteiger partial charge in [-0.05, 0) is 43.3 Å². The van der Waals surface area contributed by atoms with Crippen LogP contribution in [0.15, 0.2) is 54.7 Å². The molecule has 1 unspecified atom stereocenters. The first-order valence-electron chi connectivity index (χ1n) is 8.41. The third kappa shape index (κ3) is 3.62. The Balaban J connectivity index is 1.46. The van der Waals surface area contributed by atoms with Gasteiger partial charge in [-0.1, -0.05) is 12.1 Å². The molecule has 2 heterocycles. The van der Waals surface area contributed by atoms with Gasteiger partial charge in [0, 0.05) is 11.8 Å². The van der Waals surface area contributed by atoms with E-state index in [1.807, 2.05) is 24.3 Å². The van der Waals surface area contributed by atoms with Crippen molar-refractivity contribution in [1.29, 1.82) is 0 Å². The Bertz CT molecular complexity index is 1080. The zero-order chi connectivity index (χ0) is 18.8. The number of aromatic nitrogens is 2. The zero-order valence-electron chi connectivity index (χ0n) is 14.5. The van der Waals surface area contributed by atoms with E-state index in [1.165, 1.54) is 6.08 Å². The summed E-state index contributed by atoms with van der Waals surface area (Å²) in [6.07, 6.45) is 4.05. The zero-order valence-corrected chi connectivity index (χ0v) is 14.5. The fourth-order valence-electron chi connectivity index (χ4n) is 2.68. The lowest BCUT2D eigenvalue weighted by atomic mass is 10.2. The lowest BCUT2D eigenvalue weighted by molar-refractivity contribution is -0.122. The number of fused-ring (bicyclic) bond motifs is 2. The van der Waals surface area contributed by atoms with Crippen LogP contribution in [0.1, 0.15) is 12.6 Å². The van der Waals surface area contributed by atoms with Crippen LogP contribution in [0, 0.1) is 0 Å². The molecule has 7 nitrogen and oxygen atoms in total. The van der Waals surface area contributed by atoms with Crippen LogP contribution in [-0.2, 0) is 9.59 Å². The molecule has 0 bridgehead atoms. The van der Waals surface area contributed by atoms with Gasteiger partial charge < -0.3 is 15.4 Å². The molecule has 0 aliphatic carbocycles. The van der Waals surface area contributed by atoms with Crippen molar-refractivity contribution >= 4 is 40.3 Å². The van der Waals surface area contributed by atoms with Crippen LogP contribution < -0.4 is 15.4 Å². The van der Waals surface area contributed by atoms with Crippen molar-refractivity contribution in [2.24, 2.45) is 0 Å². The van der Waals surface area contributed by atoms with Crippen LogP contribution in [-0.4, -0.2) is 27.9 Å². The van der Waals surface area contributed by atoms with Crippen molar-refractivity contribution < 1.29 is 14.3 Å². The summed E-state index contributed by atoms with van der Waals surface area (Å²) in [5.74, 6) is 0.0316. The smallest absolute Gasteiger partial charge is 0.265 e. The second kappa shape index (κ2) is 6.87. The van der Waals surface area contributed by atoms with Crippen molar-refractivity contribution in [3.63, 3.8) is 0 Å². The SMILES string of the molecule is CC1Oc2ccc(NC(=O)C=Cc3cnc4ccccc4n3)cc2NC1=O. The average molecular weight is 360 g/mol. The minimum atomic E-state index is -0.538. The number of rotatable bonds is 3. The van der Waals surface area contributed by atoms with Gasteiger partial charge >= 0.3 is 0 Å². The molecule has 2 amide bonds. The molecule has 0 spiro atoms. The summed E-state index contributed by atoms with van der Waals surface area (Å²) in [5.41, 5.74) is 3.22. The maximum atomic E-state index is 12.2. The molecule has 7 heteroatoms. The highest BCUT2D eigenvalue weighted by Crippen LogP contribution is 2.32. The van der Waals surface area contributed by atoms with Gasteiger partial charge in [0.15, 0.2) is 6.10 Å². The molecule has 0 radical (unpaired) electrons. The van der Waals surface area contributed by atoms with Gasteiger partial charge in [0.1, 0.15) is 5.75 Å². The van der Waals surface area contributed by atoms with Crippen LogP contribution in [0.25, 0.3) is 17.1 Å². The van der Waals surface area contributed by atoms with E-state index in [1.54, 1.807) is 37.4 Å². The Morgan fingerprint density at radius 2 is 2.04 bits per heavy atom. The van der Waals surface area contributed by atoms with E-state index in [-0.39, 0.29) is 11.8 Å². The number of nitrogens with zero attached hydrogens (tertiary/aromatic N) is 2. The molecule has 1 atom stereocenters. The van der Waals surface area contributed by atoms with E-state index in [9.17, 15) is 9.59 Å². The highest BCUT2D eigenvalue weighted by atomic mass is 16.5. The largest absolute Gasteiger partial charge is 0.479 e.